The number of thioether (sulfide) groups is 1. The van der Waals surface area contributed by atoms with Crippen molar-refractivity contribution in [2.24, 2.45) is 34.6 Å². The zero-order valence-corrected chi connectivity index (χ0v) is 59.2. The number of ether oxygens (including phenoxy) is 5. The molecule has 4 heterocycles. The number of aliphatic hydroxyl groups excluding tert-OH is 3. The number of aromatic amines is 1. The van der Waals surface area contributed by atoms with E-state index in [4.69, 9.17) is 35.2 Å². The van der Waals surface area contributed by atoms with Crippen LogP contribution in [-0.4, -0.2) is 258 Å². The van der Waals surface area contributed by atoms with Crippen LogP contribution in [-0.2, 0) is 99.5 Å². The Bertz CT molecular complexity index is 3190. The summed E-state index contributed by atoms with van der Waals surface area (Å²) in [7, 11) is -1.08. The highest BCUT2D eigenvalue weighted by molar-refractivity contribution is 7.98. The van der Waals surface area contributed by atoms with E-state index in [0.717, 1.165) is 11.3 Å². The number of nitrogens with zero attached hydrogens (tertiary/aromatic N) is 2. The SMILES string of the molecule is CCC(=O)N[C@H](C(=O)NCC(=O)N[C@H]1CS(=O)c2[nH]c3c(CSCCNC(=O)CCOCCOCCOCCOCCN4C(=O)CC(C(C)(C)CC)C4=O)c(OC)ccc3c2C[C@@H](C(N)=O)NC(=O)[C@H]([C@@H](C)[C@@H](O)CO)NC(=O)[C@@H]2C[C@@H](O)CN2C(=O)[C@H](CC(N)=O)NC1=O)[C@@H](C)CC. The van der Waals surface area contributed by atoms with E-state index < -0.39 is 169 Å². The van der Waals surface area contributed by atoms with Crippen LogP contribution in [0.5, 0.6) is 5.75 Å². The molecule has 12 amide bonds. The number of methoxy groups -OCH3 is 1. The van der Waals surface area contributed by atoms with E-state index in [2.05, 4.69) is 42.2 Å². The van der Waals surface area contributed by atoms with Crippen LogP contribution in [0.3, 0.4) is 0 Å². The Kier molecular flexibility index (Phi) is 33.4. The lowest BCUT2D eigenvalue weighted by Gasteiger charge is -2.32. The maximum atomic E-state index is 15.3. The number of fused-ring (bicyclic) bond motifs is 4. The lowest BCUT2D eigenvalue weighted by molar-refractivity contribution is -0.144. The number of benzene rings is 1. The number of amides is 12. The van der Waals surface area contributed by atoms with Gasteiger partial charge in [0.25, 0.3) is 0 Å². The van der Waals surface area contributed by atoms with Gasteiger partial charge in [-0.2, -0.15) is 11.8 Å². The van der Waals surface area contributed by atoms with Gasteiger partial charge in [-0.15, -0.1) is 0 Å². The van der Waals surface area contributed by atoms with E-state index >= 15 is 4.21 Å². The highest BCUT2D eigenvalue weighted by Crippen LogP contribution is 2.39. The second kappa shape index (κ2) is 40.2. The molecular weight excluding hydrogens is 1340 g/mol. The van der Waals surface area contributed by atoms with Gasteiger partial charge in [0.1, 0.15) is 47.0 Å². The van der Waals surface area contributed by atoms with Crippen molar-refractivity contribution < 1.29 is 101 Å². The maximum absolute atomic E-state index is 15.3. The third-order valence-electron chi connectivity index (χ3n) is 17.9. The Morgan fingerprint density at radius 2 is 1.48 bits per heavy atom. The summed E-state index contributed by atoms with van der Waals surface area (Å²) in [5.41, 5.74) is 12.2. The van der Waals surface area contributed by atoms with Crippen LogP contribution in [0.1, 0.15) is 105 Å². The summed E-state index contributed by atoms with van der Waals surface area (Å²) in [6.07, 6.45) is -3.38. The van der Waals surface area contributed by atoms with Crippen molar-refractivity contribution in [2.75, 3.05) is 104 Å². The highest BCUT2D eigenvalue weighted by Gasteiger charge is 2.47. The first-order chi connectivity index (χ1) is 47.0. The predicted molar refractivity (Wildman–Crippen MR) is 360 cm³/mol. The van der Waals surface area contributed by atoms with Gasteiger partial charge in [-0.1, -0.05) is 61.3 Å². The van der Waals surface area contributed by atoms with E-state index in [9.17, 15) is 72.9 Å². The molecule has 1 aromatic heterocycles. The summed E-state index contributed by atoms with van der Waals surface area (Å²) in [5.74, 6) is -11.7. The number of aliphatic hydroxyl groups is 3. The molecule has 99 heavy (non-hydrogen) atoms. The van der Waals surface area contributed by atoms with E-state index in [1.165, 1.54) is 30.7 Å². The number of likely N-dealkylation sites (tertiary alicyclic amines) is 1. The standard InChI is InChI=1S/C64H100N12O21S2/c1-9-35(4)53(72-49(81)10-2)59(88)68-30-51(83)69-44-34-99(92)61-39(27-42(56(66)85)70-60(89)54(36(5)46(79)32-77)73-58(87)45-26-37(78)31-76(45)63(91)43(29-48(65)80)71-57(44)86)38-12-13-47(93-8)40(55(38)74-61)33-98-25-15-67-50(82)14-17-94-19-21-96-23-24-97-22-20-95-18-16-75-52(84)28-41(62(75)90)64(6,7)11-3/h12-13,35-37,41-46,53-54,74,77-79H,9-11,14-34H2,1-8H3,(H2,65,80)(H2,66,85)(H,67,82)(H,68,88)(H,69,83)(H,70,89)(H,71,86)(H,72,81)(H,73,87)/t35-,36-,37+,41?,42-,43-,44-,45-,46-,53-,54-,99?/m0/s1. The van der Waals surface area contributed by atoms with Crippen molar-refractivity contribution in [3.05, 3.63) is 23.3 Å². The Morgan fingerprint density at radius 1 is 0.828 bits per heavy atom. The topological polar surface area (TPSA) is 487 Å². The fourth-order valence-corrected chi connectivity index (χ4v) is 13.6. The van der Waals surface area contributed by atoms with Crippen LogP contribution in [0.2, 0.25) is 0 Å². The number of imide groups is 1. The highest BCUT2D eigenvalue weighted by atomic mass is 32.2. The van der Waals surface area contributed by atoms with Gasteiger partial charge in [0.15, 0.2) is 0 Å². The number of hydrogen-bond acceptors (Lipinski definition) is 22. The average Bonchev–Trinajstić information content (AvgIpc) is 1.62. The number of primary amides is 2. The zero-order chi connectivity index (χ0) is 73.3. The summed E-state index contributed by atoms with van der Waals surface area (Å²) in [6, 6.07) is -6.82. The summed E-state index contributed by atoms with van der Waals surface area (Å²) < 4.78 is 43.3. The second-order valence-corrected chi connectivity index (χ2v) is 27.7. The lowest BCUT2D eigenvalue weighted by atomic mass is 9.76. The Balaban J connectivity index is 1.31. The molecule has 2 fully saturated rings. The number of H-pyrrole nitrogens is 1. The molecule has 3 aliphatic heterocycles. The van der Waals surface area contributed by atoms with Crippen molar-refractivity contribution in [2.45, 2.75) is 159 Å². The summed E-state index contributed by atoms with van der Waals surface area (Å²) in [5, 5.41) is 49.6. The largest absolute Gasteiger partial charge is 0.496 e. The van der Waals surface area contributed by atoms with Crippen LogP contribution < -0.4 is 53.4 Å². The number of nitrogens with two attached hydrogens (primary N) is 2. The second-order valence-electron chi connectivity index (χ2n) is 25.2. The molecule has 2 saturated heterocycles. The molecule has 0 aliphatic carbocycles. The molecule has 3 aliphatic rings. The molecule has 1 aromatic carbocycles. The molecule has 12 atom stereocenters. The molecule has 2 aromatic rings. The first-order valence-electron chi connectivity index (χ1n) is 33.2. The van der Waals surface area contributed by atoms with Crippen LogP contribution in [0.4, 0.5) is 0 Å². The van der Waals surface area contributed by atoms with Crippen LogP contribution in [0.15, 0.2) is 17.2 Å². The minimum atomic E-state index is -2.49. The average molecular weight is 1440 g/mol. The van der Waals surface area contributed by atoms with Gasteiger partial charge in [-0.3, -0.25) is 66.6 Å². The van der Waals surface area contributed by atoms with Gasteiger partial charge in [0, 0.05) is 73.6 Å². The Hall–Kier alpha value is -7.38. The quantitative estimate of drug-likeness (QED) is 0.0234. The van der Waals surface area contributed by atoms with Crippen molar-refractivity contribution in [1.29, 1.82) is 0 Å². The number of aromatic nitrogens is 1. The van der Waals surface area contributed by atoms with Gasteiger partial charge in [0.2, 0.25) is 70.9 Å². The van der Waals surface area contributed by atoms with Crippen molar-refractivity contribution in [3.63, 3.8) is 0 Å². The molecule has 35 heteroatoms. The van der Waals surface area contributed by atoms with Crippen molar-refractivity contribution in [3.8, 4) is 5.75 Å². The Morgan fingerprint density at radius 3 is 2.09 bits per heavy atom. The predicted octanol–water partition coefficient (Wildman–Crippen LogP) is -3.23. The summed E-state index contributed by atoms with van der Waals surface area (Å²) in [6.45, 7) is 12.5. The number of carbonyl (C=O) groups excluding carboxylic acids is 12. The molecule has 15 N–H and O–H groups in total. The number of rotatable bonds is 37. The van der Waals surface area contributed by atoms with Gasteiger partial charge < -0.3 is 97.6 Å². The third-order valence-corrected chi connectivity index (χ3v) is 20.3. The normalized spacial score (nSPS) is 22.4. The molecular formula is C64H100N12O21S2. The molecule has 0 spiro atoms. The van der Waals surface area contributed by atoms with Gasteiger partial charge in [-0.25, -0.2) is 0 Å². The molecule has 0 saturated carbocycles. The minimum absolute atomic E-state index is 0.0485. The summed E-state index contributed by atoms with van der Waals surface area (Å²) in [4.78, 5) is 168. The molecule has 554 valence electrons. The van der Waals surface area contributed by atoms with Crippen LogP contribution >= 0.6 is 11.8 Å². The van der Waals surface area contributed by atoms with Crippen molar-refractivity contribution >= 4 is 104 Å². The zero-order valence-electron chi connectivity index (χ0n) is 57.5. The summed E-state index contributed by atoms with van der Waals surface area (Å²) >= 11 is 1.36. The first-order valence-corrected chi connectivity index (χ1v) is 35.7. The molecule has 5 rings (SSSR count). The fraction of sp³-hybridized carbons (Fsp3) is 0.688. The number of nitrogens with one attached hydrogen (secondary N) is 8. The van der Waals surface area contributed by atoms with Crippen LogP contribution in [0.25, 0.3) is 10.9 Å². The lowest BCUT2D eigenvalue weighted by Crippen LogP contribution is -2.61. The third kappa shape index (κ3) is 23.9. The Labute approximate surface area is 581 Å². The van der Waals surface area contributed by atoms with E-state index in [1.54, 1.807) is 32.9 Å². The first kappa shape index (κ1) is 82.3. The van der Waals surface area contributed by atoms with Gasteiger partial charge in [-0.05, 0) is 29.0 Å². The maximum Gasteiger partial charge on any atom is 0.246 e. The number of carbonyl (C=O) groups is 12. The van der Waals surface area contributed by atoms with Gasteiger partial charge >= 0.3 is 0 Å². The minimum Gasteiger partial charge on any atom is -0.496 e. The fourth-order valence-electron chi connectivity index (χ4n) is 11.3. The van der Waals surface area contributed by atoms with Crippen molar-refractivity contribution in [1.82, 2.24) is 52.0 Å². The monoisotopic (exact) mass is 1440 g/mol. The van der Waals surface area contributed by atoms with Gasteiger partial charge in [0.05, 0.1) is 126 Å². The molecule has 0 radical (unpaired) electrons. The van der Waals surface area contributed by atoms with E-state index in [1.807, 2.05) is 20.8 Å². The number of hydrogen-bond donors (Lipinski definition) is 13. The molecule has 2 unspecified atom stereocenters. The smallest absolute Gasteiger partial charge is 0.246 e. The van der Waals surface area contributed by atoms with Crippen LogP contribution in [0, 0.1) is 23.2 Å². The van der Waals surface area contributed by atoms with E-state index in [-0.39, 0.29) is 130 Å². The molecule has 33 nitrogen and oxygen atoms in total. The molecule has 0 bridgehead atoms. The van der Waals surface area contributed by atoms with E-state index in [0.29, 0.717) is 35.5 Å².